The van der Waals surface area contributed by atoms with Gasteiger partial charge in [0.2, 0.25) is 0 Å². The van der Waals surface area contributed by atoms with E-state index in [1.54, 1.807) is 0 Å². The number of fused-ring (bicyclic) bond motifs is 1. The molecule has 0 radical (unpaired) electrons. The van der Waals surface area contributed by atoms with Gasteiger partial charge >= 0.3 is 0 Å². The number of rotatable bonds is 3. The lowest BCUT2D eigenvalue weighted by Gasteiger charge is -2.05. The van der Waals surface area contributed by atoms with E-state index in [0.29, 0.717) is 11.4 Å². The summed E-state index contributed by atoms with van der Waals surface area (Å²) in [6.07, 6.45) is 0. The van der Waals surface area contributed by atoms with Gasteiger partial charge in [0.25, 0.3) is 5.91 Å². The van der Waals surface area contributed by atoms with Crippen molar-refractivity contribution in [1.82, 2.24) is 0 Å². The van der Waals surface area contributed by atoms with Crippen LogP contribution in [0.3, 0.4) is 0 Å². The summed E-state index contributed by atoms with van der Waals surface area (Å²) in [5, 5.41) is 4.01. The number of amides is 1. The Morgan fingerprint density at radius 2 is 1.95 bits per heavy atom. The van der Waals surface area contributed by atoms with Gasteiger partial charge in [-0.15, -0.1) is 11.3 Å². The number of anilines is 1. The van der Waals surface area contributed by atoms with Gasteiger partial charge in [-0.25, -0.2) is 0 Å². The van der Waals surface area contributed by atoms with Crippen molar-refractivity contribution < 1.29 is 4.79 Å². The number of thiophene rings is 1. The molecule has 4 heteroatoms. The van der Waals surface area contributed by atoms with Crippen molar-refractivity contribution >= 4 is 33.0 Å². The Morgan fingerprint density at radius 1 is 1.10 bits per heavy atom. The maximum absolute atomic E-state index is 12.3. The van der Waals surface area contributed by atoms with Crippen LogP contribution < -0.4 is 11.1 Å². The molecule has 0 aliphatic carbocycles. The quantitative estimate of drug-likeness (QED) is 0.771. The molecule has 3 nitrogen and oxygen atoms in total. The summed E-state index contributed by atoms with van der Waals surface area (Å²) in [6, 6.07) is 17.5. The first-order valence-electron chi connectivity index (χ1n) is 6.35. The van der Waals surface area contributed by atoms with E-state index in [1.165, 1.54) is 11.3 Å². The largest absolute Gasteiger partial charge is 0.326 e. The molecule has 0 unspecified atom stereocenters. The molecule has 0 atom stereocenters. The highest BCUT2D eigenvalue weighted by Crippen LogP contribution is 2.26. The van der Waals surface area contributed by atoms with Crippen LogP contribution in [-0.4, -0.2) is 5.91 Å². The Bertz CT molecular complexity index is 731. The first-order chi connectivity index (χ1) is 9.76. The van der Waals surface area contributed by atoms with Gasteiger partial charge in [-0.1, -0.05) is 30.3 Å². The number of nitrogens with two attached hydrogens (primary N) is 1. The zero-order valence-electron chi connectivity index (χ0n) is 10.8. The fourth-order valence-corrected chi connectivity index (χ4v) is 3.02. The van der Waals surface area contributed by atoms with Crippen LogP contribution >= 0.6 is 11.3 Å². The van der Waals surface area contributed by atoms with E-state index in [-0.39, 0.29) is 5.91 Å². The molecular formula is C16H14N2OS. The topological polar surface area (TPSA) is 55.1 Å². The van der Waals surface area contributed by atoms with Crippen molar-refractivity contribution in [3.05, 3.63) is 65.0 Å². The van der Waals surface area contributed by atoms with Gasteiger partial charge in [-0.3, -0.25) is 4.79 Å². The zero-order chi connectivity index (χ0) is 13.9. The fraction of sp³-hybridized carbons (Fsp3) is 0.0625. The van der Waals surface area contributed by atoms with Crippen molar-refractivity contribution in [1.29, 1.82) is 0 Å². The molecule has 0 spiro atoms. The molecule has 3 aromatic rings. The highest BCUT2D eigenvalue weighted by Gasteiger charge is 2.10. The second kappa shape index (κ2) is 5.45. The van der Waals surface area contributed by atoms with Crippen LogP contribution in [0.15, 0.2) is 54.6 Å². The third-order valence-electron chi connectivity index (χ3n) is 3.07. The number of hydrogen-bond donors (Lipinski definition) is 2. The summed E-state index contributed by atoms with van der Waals surface area (Å²) in [5.74, 6) is -0.0830. The third kappa shape index (κ3) is 2.57. The van der Waals surface area contributed by atoms with E-state index in [0.717, 1.165) is 21.3 Å². The Hall–Kier alpha value is -2.17. The second-order valence-corrected chi connectivity index (χ2v) is 5.59. The summed E-state index contributed by atoms with van der Waals surface area (Å²) < 4.78 is 1.12. The molecule has 3 rings (SSSR count). The van der Waals surface area contributed by atoms with Crippen molar-refractivity contribution in [2.75, 3.05) is 5.32 Å². The second-order valence-electron chi connectivity index (χ2n) is 4.51. The van der Waals surface area contributed by atoms with E-state index in [9.17, 15) is 4.79 Å². The molecule has 0 aliphatic rings. The van der Waals surface area contributed by atoms with Gasteiger partial charge in [-0.2, -0.15) is 0 Å². The SMILES string of the molecule is NCc1cccc(NC(=O)c2cc3ccccc3s2)c1. The van der Waals surface area contributed by atoms with Crippen LogP contribution in [0.25, 0.3) is 10.1 Å². The first-order valence-corrected chi connectivity index (χ1v) is 7.17. The van der Waals surface area contributed by atoms with E-state index in [4.69, 9.17) is 5.73 Å². The smallest absolute Gasteiger partial charge is 0.265 e. The minimum atomic E-state index is -0.0830. The van der Waals surface area contributed by atoms with Crippen LogP contribution in [0.5, 0.6) is 0 Å². The average molecular weight is 282 g/mol. The number of carbonyl (C=O) groups is 1. The minimum absolute atomic E-state index is 0.0830. The number of carbonyl (C=O) groups excluding carboxylic acids is 1. The summed E-state index contributed by atoms with van der Waals surface area (Å²) in [7, 11) is 0. The monoisotopic (exact) mass is 282 g/mol. The van der Waals surface area contributed by atoms with E-state index in [2.05, 4.69) is 5.32 Å². The zero-order valence-corrected chi connectivity index (χ0v) is 11.6. The molecule has 20 heavy (non-hydrogen) atoms. The molecule has 1 amide bonds. The lowest BCUT2D eigenvalue weighted by atomic mass is 10.2. The Morgan fingerprint density at radius 3 is 2.75 bits per heavy atom. The summed E-state index contributed by atoms with van der Waals surface area (Å²) in [6.45, 7) is 0.465. The van der Waals surface area contributed by atoms with Crippen molar-refractivity contribution in [2.45, 2.75) is 6.54 Å². The normalized spacial score (nSPS) is 10.7. The van der Waals surface area contributed by atoms with Crippen LogP contribution in [0, 0.1) is 0 Å². The fourth-order valence-electron chi connectivity index (χ4n) is 2.06. The van der Waals surface area contributed by atoms with Gasteiger partial charge in [0.1, 0.15) is 0 Å². The molecule has 0 bridgehead atoms. The summed E-state index contributed by atoms with van der Waals surface area (Å²) >= 11 is 1.50. The maximum atomic E-state index is 12.3. The Balaban J connectivity index is 1.85. The lowest BCUT2D eigenvalue weighted by Crippen LogP contribution is -2.10. The molecule has 1 aromatic heterocycles. The van der Waals surface area contributed by atoms with Crippen molar-refractivity contribution in [3.8, 4) is 0 Å². The van der Waals surface area contributed by atoms with Gasteiger partial charge in [0.15, 0.2) is 0 Å². The molecule has 100 valence electrons. The predicted molar refractivity (Wildman–Crippen MR) is 84.1 cm³/mol. The van der Waals surface area contributed by atoms with E-state index >= 15 is 0 Å². The van der Waals surface area contributed by atoms with Gasteiger partial charge in [-0.05, 0) is 35.2 Å². The highest BCUT2D eigenvalue weighted by molar-refractivity contribution is 7.20. The van der Waals surface area contributed by atoms with Crippen LogP contribution in [0.1, 0.15) is 15.2 Å². The van der Waals surface area contributed by atoms with Gasteiger partial charge in [0.05, 0.1) is 4.88 Å². The van der Waals surface area contributed by atoms with Crippen molar-refractivity contribution in [2.24, 2.45) is 5.73 Å². The van der Waals surface area contributed by atoms with E-state index < -0.39 is 0 Å². The van der Waals surface area contributed by atoms with E-state index in [1.807, 2.05) is 54.6 Å². The molecular weight excluding hydrogens is 268 g/mol. The number of nitrogens with one attached hydrogen (secondary N) is 1. The molecule has 0 saturated heterocycles. The Labute approximate surface area is 121 Å². The Kier molecular flexibility index (Phi) is 3.50. The average Bonchev–Trinajstić information content (AvgIpc) is 2.91. The molecule has 3 N–H and O–H groups in total. The van der Waals surface area contributed by atoms with Crippen LogP contribution in [0.4, 0.5) is 5.69 Å². The lowest BCUT2D eigenvalue weighted by molar-refractivity contribution is 0.103. The molecule has 1 heterocycles. The van der Waals surface area contributed by atoms with Gasteiger partial charge in [0, 0.05) is 16.9 Å². The standard InChI is InChI=1S/C16H14N2OS/c17-10-11-4-3-6-13(8-11)18-16(19)15-9-12-5-1-2-7-14(12)20-15/h1-9H,10,17H2,(H,18,19). The third-order valence-corrected chi connectivity index (χ3v) is 4.18. The summed E-state index contributed by atoms with van der Waals surface area (Å²) in [5.41, 5.74) is 7.37. The van der Waals surface area contributed by atoms with Crippen molar-refractivity contribution in [3.63, 3.8) is 0 Å². The maximum Gasteiger partial charge on any atom is 0.265 e. The molecule has 0 saturated carbocycles. The summed E-state index contributed by atoms with van der Waals surface area (Å²) in [4.78, 5) is 13.0. The van der Waals surface area contributed by atoms with Crippen LogP contribution in [0.2, 0.25) is 0 Å². The predicted octanol–water partition coefficient (Wildman–Crippen LogP) is 3.61. The number of hydrogen-bond acceptors (Lipinski definition) is 3. The molecule has 0 fully saturated rings. The van der Waals surface area contributed by atoms with Crippen LogP contribution in [-0.2, 0) is 6.54 Å². The van der Waals surface area contributed by atoms with Gasteiger partial charge < -0.3 is 11.1 Å². The molecule has 0 aliphatic heterocycles. The molecule has 2 aromatic carbocycles. The number of benzene rings is 2. The first kappa shape index (κ1) is 12.8. The highest BCUT2D eigenvalue weighted by atomic mass is 32.1. The minimum Gasteiger partial charge on any atom is -0.326 e.